The number of ketones is 2. The van der Waals surface area contributed by atoms with Crippen LogP contribution in [0.3, 0.4) is 0 Å². The summed E-state index contributed by atoms with van der Waals surface area (Å²) in [5.41, 5.74) is -5.72. The van der Waals surface area contributed by atoms with Crippen molar-refractivity contribution in [3.63, 3.8) is 0 Å². The van der Waals surface area contributed by atoms with Crippen molar-refractivity contribution < 1.29 is 73.2 Å². The predicted octanol–water partition coefficient (Wildman–Crippen LogP) is 3.20. The monoisotopic (exact) mass is 708 g/mol. The highest BCUT2D eigenvalue weighted by molar-refractivity contribution is 6.08. The zero-order chi connectivity index (χ0) is 37.3. The van der Waals surface area contributed by atoms with Crippen molar-refractivity contribution in [3.05, 3.63) is 46.5 Å². The highest BCUT2D eigenvalue weighted by Gasteiger charge is 2.61. The molecule has 6 atom stereocenters. The minimum Gasteiger partial charge on any atom is -0.506 e. The topological polar surface area (TPSA) is 233 Å². The van der Waals surface area contributed by atoms with Crippen molar-refractivity contribution in [3.8, 4) is 34.1 Å². The van der Waals surface area contributed by atoms with Gasteiger partial charge in [-0.2, -0.15) is 0 Å². The largest absolute Gasteiger partial charge is 0.506 e. The number of phenolic OH excluding ortho intramolecular Hbond substituents is 2. The maximum Gasteiger partial charge on any atom is 0.303 e. The Morgan fingerprint density at radius 2 is 1.12 bits per heavy atom. The zero-order valence-corrected chi connectivity index (χ0v) is 28.3. The van der Waals surface area contributed by atoms with E-state index in [9.17, 15) is 49.5 Å². The lowest BCUT2D eigenvalue weighted by Gasteiger charge is -2.48. The predicted molar refractivity (Wildman–Crippen MR) is 173 cm³/mol. The molecular formula is C36H36O15. The van der Waals surface area contributed by atoms with Crippen LogP contribution in [0.5, 0.6) is 23.0 Å². The summed E-state index contributed by atoms with van der Waals surface area (Å²) in [5.74, 6) is -7.82. The van der Waals surface area contributed by atoms with Gasteiger partial charge in [-0.1, -0.05) is 13.8 Å². The van der Waals surface area contributed by atoms with Crippen LogP contribution in [0, 0.1) is 11.8 Å². The van der Waals surface area contributed by atoms with E-state index >= 15 is 0 Å². The van der Waals surface area contributed by atoms with Crippen molar-refractivity contribution in [1.29, 1.82) is 0 Å². The van der Waals surface area contributed by atoms with E-state index in [2.05, 4.69) is 0 Å². The highest BCUT2D eigenvalue weighted by atomic mass is 16.6. The van der Waals surface area contributed by atoms with Gasteiger partial charge in [0.1, 0.15) is 52.3 Å². The summed E-state index contributed by atoms with van der Waals surface area (Å²) in [6.45, 7) is 5.20. The quantitative estimate of drug-likeness (QED) is 0.214. The molecule has 2 aromatic rings. The van der Waals surface area contributed by atoms with E-state index in [1.807, 2.05) is 0 Å². The van der Waals surface area contributed by atoms with Gasteiger partial charge in [0.2, 0.25) is 11.2 Å². The van der Waals surface area contributed by atoms with Crippen LogP contribution in [0.15, 0.2) is 35.4 Å². The van der Waals surface area contributed by atoms with Crippen LogP contribution in [-0.4, -0.2) is 91.6 Å². The fraction of sp³-hybridized carbons (Fsp3) is 0.417. The van der Waals surface area contributed by atoms with Crippen LogP contribution in [-0.2, 0) is 38.2 Å². The smallest absolute Gasteiger partial charge is 0.303 e. The maximum atomic E-state index is 13.5. The molecule has 51 heavy (non-hydrogen) atoms. The number of carbonyl (C=O) groups excluding carboxylic acids is 5. The molecule has 0 spiro atoms. The van der Waals surface area contributed by atoms with Crippen molar-refractivity contribution >= 4 is 41.0 Å². The Morgan fingerprint density at radius 3 is 1.53 bits per heavy atom. The first-order chi connectivity index (χ1) is 24.0. The number of hydrogen-bond acceptors (Lipinski definition) is 15. The summed E-state index contributed by atoms with van der Waals surface area (Å²) < 4.78 is 28.7. The molecule has 2 saturated carbocycles. The molecule has 15 nitrogen and oxygen atoms in total. The normalized spacial score (nSPS) is 28.0. The molecular weight excluding hydrogens is 672 g/mol. The molecule has 6 rings (SSSR count). The Morgan fingerprint density at radius 1 is 0.706 bits per heavy atom. The standard InChI is InChI=1S/C36H36O15/c1-14-10-21(41)27-31(45)25-23(50-35(27,12-37)33(14)48-17(4)39)8-6-19(29(25)43)20-7-9-24-26(30(20)44)32(46)28-22(42)11-15(2)34(49-18(5)40)36(28,51-24)13-47-16(3)38/h6-9,14-15,33-34,37,43-46H,10-13H2,1-5H3/t14-,15-,33-,34-,35+,36+/m0/s1. The third-order valence-electron chi connectivity index (χ3n) is 9.78. The van der Waals surface area contributed by atoms with Gasteiger partial charge in [-0.15, -0.1) is 0 Å². The van der Waals surface area contributed by atoms with E-state index in [0.717, 1.165) is 20.8 Å². The van der Waals surface area contributed by atoms with Gasteiger partial charge in [-0.25, -0.2) is 0 Å². The fourth-order valence-electron chi connectivity index (χ4n) is 7.79. The third-order valence-corrected chi connectivity index (χ3v) is 9.78. The minimum atomic E-state index is -1.98. The second-order valence-corrected chi connectivity index (χ2v) is 13.3. The molecule has 0 aromatic heterocycles. The van der Waals surface area contributed by atoms with E-state index in [0.29, 0.717) is 0 Å². The van der Waals surface area contributed by atoms with Crippen LogP contribution in [0.4, 0.5) is 0 Å². The number of phenols is 2. The molecule has 0 amide bonds. The number of rotatable bonds is 6. The van der Waals surface area contributed by atoms with E-state index in [1.165, 1.54) is 24.3 Å². The zero-order valence-electron chi connectivity index (χ0n) is 28.3. The van der Waals surface area contributed by atoms with Gasteiger partial charge in [0, 0.05) is 56.6 Å². The van der Waals surface area contributed by atoms with Gasteiger partial charge in [0.05, 0.1) is 17.8 Å². The van der Waals surface area contributed by atoms with Gasteiger partial charge in [-0.3, -0.25) is 24.0 Å². The number of ether oxygens (including phenoxy) is 5. The molecule has 270 valence electrons. The summed E-state index contributed by atoms with van der Waals surface area (Å²) >= 11 is 0. The summed E-state index contributed by atoms with van der Waals surface area (Å²) in [6, 6.07) is 5.22. The van der Waals surface area contributed by atoms with Gasteiger partial charge >= 0.3 is 17.9 Å². The lowest BCUT2D eigenvalue weighted by molar-refractivity contribution is -0.177. The molecule has 2 aromatic carbocycles. The van der Waals surface area contributed by atoms with Gasteiger partial charge < -0.3 is 49.2 Å². The number of aromatic hydroxyl groups is 2. The van der Waals surface area contributed by atoms with Crippen molar-refractivity contribution in [2.24, 2.45) is 11.8 Å². The number of benzene rings is 2. The molecule has 2 heterocycles. The summed E-state index contributed by atoms with van der Waals surface area (Å²) in [4.78, 5) is 62.9. The lowest BCUT2D eigenvalue weighted by atomic mass is 9.69. The Balaban J connectivity index is 1.51. The van der Waals surface area contributed by atoms with Gasteiger partial charge in [0.15, 0.2) is 23.8 Å². The van der Waals surface area contributed by atoms with Crippen LogP contribution < -0.4 is 9.47 Å². The number of hydrogen-bond donors (Lipinski definition) is 5. The molecule has 5 N–H and O–H groups in total. The average Bonchev–Trinajstić information content (AvgIpc) is 3.03. The molecule has 2 aliphatic heterocycles. The first-order valence-corrected chi connectivity index (χ1v) is 16.1. The molecule has 0 unspecified atom stereocenters. The van der Waals surface area contributed by atoms with Crippen LogP contribution in [0.1, 0.15) is 58.6 Å². The summed E-state index contributed by atoms with van der Waals surface area (Å²) in [6.07, 6.45) is -2.74. The number of Topliss-reactive ketones (excluding diaryl/α,β-unsaturated/α-hetero) is 2. The molecule has 0 saturated heterocycles. The highest BCUT2D eigenvalue weighted by Crippen LogP contribution is 2.56. The van der Waals surface area contributed by atoms with Crippen molar-refractivity contribution in [2.75, 3.05) is 13.2 Å². The number of esters is 3. The van der Waals surface area contributed by atoms with E-state index in [4.69, 9.17) is 23.7 Å². The molecule has 0 bridgehead atoms. The Kier molecular flexibility index (Phi) is 8.53. The van der Waals surface area contributed by atoms with Gasteiger partial charge in [-0.05, 0) is 24.3 Å². The fourth-order valence-corrected chi connectivity index (χ4v) is 7.79. The number of fused-ring (bicyclic) bond motifs is 4. The van der Waals surface area contributed by atoms with E-state index in [1.54, 1.807) is 13.8 Å². The van der Waals surface area contributed by atoms with E-state index < -0.39 is 112 Å². The number of carbonyl (C=O) groups is 5. The Labute approximate surface area is 290 Å². The third kappa shape index (κ3) is 5.25. The van der Waals surface area contributed by atoms with Crippen molar-refractivity contribution in [1.82, 2.24) is 0 Å². The second kappa shape index (κ2) is 12.3. The molecule has 4 aliphatic rings. The number of aliphatic hydroxyl groups is 3. The van der Waals surface area contributed by atoms with E-state index in [-0.39, 0.29) is 46.6 Å². The maximum absolute atomic E-state index is 13.5. The van der Waals surface area contributed by atoms with Crippen molar-refractivity contribution in [2.45, 2.75) is 70.9 Å². The first kappa shape index (κ1) is 35.3. The SMILES string of the molecule is CC(=O)OC[C@@]12Oc3ccc(-c4ccc5c(c4O)C(O)=C4C(=O)C[C@H](C)[C@H](OC(C)=O)[C@]4(CO)O5)c(O)c3C(O)=C1C(=O)C[C@H](C)[C@@H]2OC(C)=O. The Bertz CT molecular complexity index is 1970. The lowest BCUT2D eigenvalue weighted by Crippen LogP contribution is -2.63. The van der Waals surface area contributed by atoms with Gasteiger partial charge in [0.25, 0.3) is 0 Å². The second-order valence-electron chi connectivity index (χ2n) is 13.3. The van der Waals surface area contributed by atoms with Crippen LogP contribution >= 0.6 is 0 Å². The minimum absolute atomic E-state index is 0.120. The van der Waals surface area contributed by atoms with Crippen LogP contribution in [0.25, 0.3) is 22.6 Å². The Hall–Kier alpha value is -5.57. The summed E-state index contributed by atoms with van der Waals surface area (Å²) in [5, 5.41) is 57.0. The molecule has 2 aliphatic carbocycles. The summed E-state index contributed by atoms with van der Waals surface area (Å²) in [7, 11) is 0. The first-order valence-electron chi connectivity index (χ1n) is 16.1. The van der Waals surface area contributed by atoms with Crippen LogP contribution in [0.2, 0.25) is 0 Å². The molecule has 0 radical (unpaired) electrons. The molecule has 15 heteroatoms. The average molecular weight is 709 g/mol. The molecule has 2 fully saturated rings. The number of aliphatic hydroxyl groups excluding tert-OH is 3.